The third-order valence-corrected chi connectivity index (χ3v) is 4.06. The zero-order chi connectivity index (χ0) is 16.6. The van der Waals surface area contributed by atoms with Gasteiger partial charge in [0.05, 0.1) is 19.9 Å². The van der Waals surface area contributed by atoms with E-state index in [1.807, 2.05) is 24.3 Å². The number of esters is 1. The van der Waals surface area contributed by atoms with Crippen molar-refractivity contribution >= 4 is 11.7 Å². The van der Waals surface area contributed by atoms with E-state index in [4.69, 9.17) is 9.57 Å². The SMILES string of the molecule is CCC(C)(CC)/C(=N/OCC(=O)OC)c1ccc(OC)cc1. The highest BCUT2D eigenvalue weighted by atomic mass is 16.6. The standard InChI is InChI=1S/C17H25NO4/c1-6-17(3,7-2)16(18-22-12-15(19)21-5)13-8-10-14(20-4)11-9-13/h8-11H,6-7,12H2,1-5H3/b18-16+. The molecule has 0 heterocycles. The number of methoxy groups -OCH3 is 2. The Hall–Kier alpha value is -2.04. The van der Waals surface area contributed by atoms with Crippen LogP contribution in [0.2, 0.25) is 0 Å². The van der Waals surface area contributed by atoms with Gasteiger partial charge in [0.25, 0.3) is 0 Å². The van der Waals surface area contributed by atoms with Crippen molar-refractivity contribution in [2.45, 2.75) is 33.6 Å². The van der Waals surface area contributed by atoms with Crippen LogP contribution in [0.1, 0.15) is 39.2 Å². The molecule has 5 nitrogen and oxygen atoms in total. The summed E-state index contributed by atoms with van der Waals surface area (Å²) in [6.45, 7) is 6.17. The molecule has 0 amide bonds. The lowest BCUT2D eigenvalue weighted by Gasteiger charge is -2.28. The van der Waals surface area contributed by atoms with Gasteiger partial charge in [-0.15, -0.1) is 0 Å². The summed E-state index contributed by atoms with van der Waals surface area (Å²) in [5.41, 5.74) is 1.64. The summed E-state index contributed by atoms with van der Waals surface area (Å²) >= 11 is 0. The molecule has 0 aliphatic carbocycles. The molecular weight excluding hydrogens is 282 g/mol. The first kappa shape index (κ1) is 18.0. The molecule has 1 aromatic rings. The minimum atomic E-state index is -0.451. The van der Waals surface area contributed by atoms with Gasteiger partial charge in [-0.1, -0.05) is 25.9 Å². The lowest BCUT2D eigenvalue weighted by atomic mass is 9.77. The van der Waals surface area contributed by atoms with Crippen LogP contribution in [0.4, 0.5) is 0 Å². The Morgan fingerprint density at radius 3 is 2.18 bits per heavy atom. The fourth-order valence-corrected chi connectivity index (χ4v) is 2.05. The lowest BCUT2D eigenvalue weighted by Crippen LogP contribution is -2.28. The Labute approximate surface area is 132 Å². The van der Waals surface area contributed by atoms with Gasteiger partial charge >= 0.3 is 5.97 Å². The van der Waals surface area contributed by atoms with Crippen LogP contribution in [0.25, 0.3) is 0 Å². The molecule has 0 aliphatic rings. The van der Waals surface area contributed by atoms with Gasteiger partial charge in [-0.2, -0.15) is 0 Å². The van der Waals surface area contributed by atoms with Crippen molar-refractivity contribution in [1.82, 2.24) is 0 Å². The molecule has 0 spiro atoms. The zero-order valence-electron chi connectivity index (χ0n) is 14.0. The molecule has 0 unspecified atom stereocenters. The predicted octanol–water partition coefficient (Wildman–Crippen LogP) is 3.42. The van der Waals surface area contributed by atoms with E-state index in [1.54, 1.807) is 7.11 Å². The summed E-state index contributed by atoms with van der Waals surface area (Å²) in [6.07, 6.45) is 1.83. The number of carbonyl (C=O) groups is 1. The number of hydrogen-bond donors (Lipinski definition) is 0. The van der Waals surface area contributed by atoms with Crippen LogP contribution >= 0.6 is 0 Å². The first-order valence-electron chi connectivity index (χ1n) is 7.42. The molecule has 0 bridgehead atoms. The van der Waals surface area contributed by atoms with E-state index in [9.17, 15) is 4.79 Å². The van der Waals surface area contributed by atoms with Crippen LogP contribution in [0.15, 0.2) is 29.4 Å². The Morgan fingerprint density at radius 1 is 1.14 bits per heavy atom. The number of rotatable bonds is 8. The Morgan fingerprint density at radius 2 is 1.73 bits per heavy atom. The van der Waals surface area contributed by atoms with Gasteiger partial charge in [0.15, 0.2) is 0 Å². The fourth-order valence-electron chi connectivity index (χ4n) is 2.05. The van der Waals surface area contributed by atoms with E-state index < -0.39 is 5.97 Å². The van der Waals surface area contributed by atoms with Crippen LogP contribution in [0, 0.1) is 5.41 Å². The Bertz CT molecular complexity index is 504. The molecule has 1 rings (SSSR count). The van der Waals surface area contributed by atoms with E-state index in [0.717, 1.165) is 29.9 Å². The molecule has 0 N–H and O–H groups in total. The fraction of sp³-hybridized carbons (Fsp3) is 0.529. The maximum atomic E-state index is 11.2. The maximum absolute atomic E-state index is 11.2. The van der Waals surface area contributed by atoms with Crippen LogP contribution in [-0.4, -0.2) is 32.5 Å². The van der Waals surface area contributed by atoms with Gasteiger partial charge in [0, 0.05) is 11.0 Å². The molecule has 0 radical (unpaired) electrons. The second-order valence-corrected chi connectivity index (χ2v) is 5.29. The first-order chi connectivity index (χ1) is 10.5. The summed E-state index contributed by atoms with van der Waals surface area (Å²) in [7, 11) is 2.95. The van der Waals surface area contributed by atoms with Crippen LogP contribution < -0.4 is 4.74 Å². The number of nitrogens with zero attached hydrogens (tertiary/aromatic N) is 1. The van der Waals surface area contributed by atoms with Gasteiger partial charge in [-0.05, 0) is 37.1 Å². The van der Waals surface area contributed by atoms with Crippen molar-refractivity contribution in [3.8, 4) is 5.75 Å². The van der Waals surface area contributed by atoms with Crippen molar-refractivity contribution in [1.29, 1.82) is 0 Å². The Balaban J connectivity index is 3.09. The minimum Gasteiger partial charge on any atom is -0.497 e. The topological polar surface area (TPSA) is 57.1 Å². The van der Waals surface area contributed by atoms with E-state index in [1.165, 1.54) is 7.11 Å². The number of oxime groups is 1. The van der Waals surface area contributed by atoms with Crippen LogP contribution in [0.3, 0.4) is 0 Å². The highest BCUT2D eigenvalue weighted by Gasteiger charge is 2.29. The van der Waals surface area contributed by atoms with Crippen LogP contribution in [-0.2, 0) is 14.4 Å². The molecule has 5 heteroatoms. The molecule has 122 valence electrons. The molecule has 22 heavy (non-hydrogen) atoms. The molecule has 0 aliphatic heterocycles. The third-order valence-electron chi connectivity index (χ3n) is 4.06. The number of benzene rings is 1. The zero-order valence-corrected chi connectivity index (χ0v) is 14.0. The van der Waals surface area contributed by atoms with E-state index in [2.05, 4.69) is 30.7 Å². The molecular formula is C17H25NO4. The molecule has 0 atom stereocenters. The Kier molecular flexibility index (Phi) is 6.89. The second-order valence-electron chi connectivity index (χ2n) is 5.29. The lowest BCUT2D eigenvalue weighted by molar-refractivity contribution is -0.145. The summed E-state index contributed by atoms with van der Waals surface area (Å²) in [5, 5.41) is 4.23. The predicted molar refractivity (Wildman–Crippen MR) is 86.2 cm³/mol. The summed E-state index contributed by atoms with van der Waals surface area (Å²) < 4.78 is 9.74. The van der Waals surface area contributed by atoms with Gasteiger partial charge in [-0.3, -0.25) is 0 Å². The second kappa shape index (κ2) is 8.41. The van der Waals surface area contributed by atoms with Gasteiger partial charge < -0.3 is 14.3 Å². The first-order valence-corrected chi connectivity index (χ1v) is 7.42. The number of ether oxygens (including phenoxy) is 2. The largest absolute Gasteiger partial charge is 0.497 e. The summed E-state index contributed by atoms with van der Waals surface area (Å²) in [6, 6.07) is 7.67. The van der Waals surface area contributed by atoms with Crippen molar-refractivity contribution in [2.75, 3.05) is 20.8 Å². The number of carbonyl (C=O) groups excluding carboxylic acids is 1. The molecule has 0 saturated carbocycles. The molecule has 1 aromatic carbocycles. The quantitative estimate of drug-likeness (QED) is 0.419. The highest BCUT2D eigenvalue weighted by Crippen LogP contribution is 2.31. The average molecular weight is 307 g/mol. The van der Waals surface area contributed by atoms with E-state index in [-0.39, 0.29) is 12.0 Å². The van der Waals surface area contributed by atoms with Crippen molar-refractivity contribution in [3.05, 3.63) is 29.8 Å². The van der Waals surface area contributed by atoms with Crippen LogP contribution in [0.5, 0.6) is 5.75 Å². The third kappa shape index (κ3) is 4.48. The van der Waals surface area contributed by atoms with Gasteiger partial charge in [0.2, 0.25) is 6.61 Å². The van der Waals surface area contributed by atoms with Crippen molar-refractivity contribution in [2.24, 2.45) is 10.6 Å². The van der Waals surface area contributed by atoms with E-state index >= 15 is 0 Å². The molecule has 0 saturated heterocycles. The normalized spacial score (nSPS) is 12.0. The number of hydrogen-bond acceptors (Lipinski definition) is 5. The maximum Gasteiger partial charge on any atom is 0.346 e. The smallest absolute Gasteiger partial charge is 0.346 e. The molecule has 0 aromatic heterocycles. The summed E-state index contributed by atoms with van der Waals surface area (Å²) in [4.78, 5) is 16.4. The molecule has 0 fully saturated rings. The minimum absolute atomic E-state index is 0.134. The highest BCUT2D eigenvalue weighted by molar-refractivity contribution is 6.04. The monoisotopic (exact) mass is 307 g/mol. The average Bonchev–Trinajstić information content (AvgIpc) is 2.58. The summed E-state index contributed by atoms with van der Waals surface area (Å²) in [5.74, 6) is 0.334. The van der Waals surface area contributed by atoms with Crippen molar-refractivity contribution in [3.63, 3.8) is 0 Å². The van der Waals surface area contributed by atoms with E-state index in [0.29, 0.717) is 0 Å². The van der Waals surface area contributed by atoms with Crippen molar-refractivity contribution < 1.29 is 19.1 Å². The van der Waals surface area contributed by atoms with Gasteiger partial charge in [0.1, 0.15) is 5.75 Å². The van der Waals surface area contributed by atoms with Gasteiger partial charge in [-0.25, -0.2) is 4.79 Å².